The summed E-state index contributed by atoms with van der Waals surface area (Å²) in [7, 11) is 0. The minimum Gasteiger partial charge on any atom is -0.457 e. The van der Waals surface area contributed by atoms with Crippen molar-refractivity contribution in [3.8, 4) is 0 Å². The van der Waals surface area contributed by atoms with Crippen LogP contribution < -0.4 is 0 Å². The maximum Gasteiger partial charge on any atom is 0.308 e. The third kappa shape index (κ3) is 3.97. The van der Waals surface area contributed by atoms with E-state index in [-0.39, 0.29) is 53.2 Å². The molecule has 6 aliphatic rings. The molecule has 5 aliphatic carbocycles. The van der Waals surface area contributed by atoms with Gasteiger partial charge >= 0.3 is 5.97 Å². The maximum atomic E-state index is 14.2. The number of hydrogen-bond donors (Lipinski definition) is 1. The first kappa shape index (κ1) is 27.3. The SMILES string of the molecule is CC(C)C(=O)OCC(=O)[C@@]12OC(C3CCCCC3)O[C@@H]1C[C@H]1[C@@H]3CCC4=CC(=O)C=C[C@@]4(C)[C@H]3[C@@H](O)C[C@@]12C. The Bertz CT molecular complexity index is 1100. The molecule has 0 aromatic heterocycles. The minimum atomic E-state index is -1.25. The first-order chi connectivity index (χ1) is 18.5. The number of carbonyl (C=O) groups excluding carboxylic acids is 3. The quantitative estimate of drug-likeness (QED) is 0.505. The average molecular weight is 541 g/mol. The van der Waals surface area contributed by atoms with E-state index in [1.165, 1.54) is 6.42 Å². The van der Waals surface area contributed by atoms with Crippen LogP contribution in [0.1, 0.15) is 85.5 Å². The molecule has 5 fully saturated rings. The zero-order valence-electron chi connectivity index (χ0n) is 23.8. The third-order valence-electron chi connectivity index (χ3n) is 11.5. The van der Waals surface area contributed by atoms with E-state index in [0.29, 0.717) is 12.8 Å². The zero-order chi connectivity index (χ0) is 27.7. The summed E-state index contributed by atoms with van der Waals surface area (Å²) in [6, 6.07) is 0. The van der Waals surface area contributed by atoms with Crippen LogP contribution in [-0.2, 0) is 28.6 Å². The van der Waals surface area contributed by atoms with Gasteiger partial charge < -0.3 is 19.3 Å². The van der Waals surface area contributed by atoms with Gasteiger partial charge in [0, 0.05) is 22.7 Å². The van der Waals surface area contributed by atoms with Crippen molar-refractivity contribution in [2.45, 2.75) is 110 Å². The lowest BCUT2D eigenvalue weighted by atomic mass is 9.46. The molecule has 0 aromatic rings. The Labute approximate surface area is 231 Å². The lowest BCUT2D eigenvalue weighted by molar-refractivity contribution is -0.210. The van der Waals surface area contributed by atoms with E-state index < -0.39 is 35.5 Å². The zero-order valence-corrected chi connectivity index (χ0v) is 23.8. The smallest absolute Gasteiger partial charge is 0.308 e. The summed E-state index contributed by atoms with van der Waals surface area (Å²) < 4.78 is 19.0. The maximum absolute atomic E-state index is 14.2. The second-order valence-electron chi connectivity index (χ2n) is 13.9. The summed E-state index contributed by atoms with van der Waals surface area (Å²) in [5, 5.41) is 11.9. The molecule has 0 bridgehead atoms. The number of carbonyl (C=O) groups is 3. The lowest BCUT2D eigenvalue weighted by Gasteiger charge is -2.59. The topological polar surface area (TPSA) is 99.1 Å². The van der Waals surface area contributed by atoms with E-state index in [0.717, 1.165) is 44.1 Å². The number of aliphatic hydroxyl groups is 1. The van der Waals surface area contributed by atoms with Crippen molar-refractivity contribution in [2.24, 2.45) is 40.4 Å². The summed E-state index contributed by atoms with van der Waals surface area (Å²) in [4.78, 5) is 38.7. The van der Waals surface area contributed by atoms with Crippen LogP contribution in [0, 0.1) is 40.4 Å². The molecule has 7 heteroatoms. The van der Waals surface area contributed by atoms with Crippen LogP contribution in [0.25, 0.3) is 0 Å². The Morgan fingerprint density at radius 1 is 1.15 bits per heavy atom. The van der Waals surface area contributed by atoms with Crippen LogP contribution in [0.5, 0.6) is 0 Å². The number of esters is 1. The van der Waals surface area contributed by atoms with Crippen LogP contribution in [-0.4, -0.2) is 53.3 Å². The van der Waals surface area contributed by atoms with Crippen LogP contribution >= 0.6 is 0 Å². The molecule has 1 heterocycles. The van der Waals surface area contributed by atoms with E-state index in [4.69, 9.17) is 14.2 Å². The fraction of sp³-hybridized carbons (Fsp3) is 0.781. The van der Waals surface area contributed by atoms with Gasteiger partial charge in [-0.1, -0.05) is 58.6 Å². The Balaban J connectivity index is 1.35. The average Bonchev–Trinajstić information content (AvgIpc) is 3.41. The molecule has 1 saturated heterocycles. The van der Waals surface area contributed by atoms with Crippen molar-refractivity contribution < 1.29 is 33.7 Å². The van der Waals surface area contributed by atoms with Gasteiger partial charge in [-0.3, -0.25) is 14.4 Å². The number of Topliss-reactive ketones (excluding diaryl/α,β-unsaturated/α-hetero) is 1. The molecule has 7 nitrogen and oxygen atoms in total. The highest BCUT2D eigenvalue weighted by Crippen LogP contribution is 2.70. The van der Waals surface area contributed by atoms with E-state index in [1.54, 1.807) is 26.0 Å². The second-order valence-corrected chi connectivity index (χ2v) is 13.9. The molecule has 0 radical (unpaired) electrons. The Kier molecular flexibility index (Phi) is 6.75. The molecule has 9 atom stereocenters. The van der Waals surface area contributed by atoms with Crippen molar-refractivity contribution in [3.05, 3.63) is 23.8 Å². The summed E-state index contributed by atoms with van der Waals surface area (Å²) in [6.45, 7) is 7.44. The molecule has 0 spiro atoms. The first-order valence-electron chi connectivity index (χ1n) is 15.2. The Hall–Kier alpha value is -1.83. The minimum absolute atomic E-state index is 0.0162. The van der Waals surface area contributed by atoms with Crippen molar-refractivity contribution in [2.75, 3.05) is 6.61 Å². The van der Waals surface area contributed by atoms with E-state index in [9.17, 15) is 19.5 Å². The number of rotatable bonds is 5. The van der Waals surface area contributed by atoms with Crippen LogP contribution in [0.15, 0.2) is 23.8 Å². The van der Waals surface area contributed by atoms with Gasteiger partial charge in [0.2, 0.25) is 5.78 Å². The van der Waals surface area contributed by atoms with Gasteiger partial charge in [-0.25, -0.2) is 0 Å². The molecular weight excluding hydrogens is 496 g/mol. The number of hydrogen-bond acceptors (Lipinski definition) is 7. The number of allylic oxidation sites excluding steroid dienone is 4. The molecule has 39 heavy (non-hydrogen) atoms. The summed E-state index contributed by atoms with van der Waals surface area (Å²) in [5.41, 5.74) is -1.19. The van der Waals surface area contributed by atoms with Crippen LogP contribution in [0.3, 0.4) is 0 Å². The number of ketones is 2. The monoisotopic (exact) mass is 540 g/mol. The molecule has 1 unspecified atom stereocenters. The molecule has 0 aromatic carbocycles. The highest BCUT2D eigenvalue weighted by molar-refractivity contribution is 6.01. The predicted molar refractivity (Wildman–Crippen MR) is 143 cm³/mol. The van der Waals surface area contributed by atoms with Crippen LogP contribution in [0.4, 0.5) is 0 Å². The molecular formula is C32H44O7. The molecule has 214 valence electrons. The molecule has 1 aliphatic heterocycles. The second kappa shape index (κ2) is 9.63. The fourth-order valence-corrected chi connectivity index (χ4v) is 9.62. The van der Waals surface area contributed by atoms with Gasteiger partial charge in [-0.15, -0.1) is 0 Å². The predicted octanol–water partition coefficient (Wildman–Crippen LogP) is 4.70. The third-order valence-corrected chi connectivity index (χ3v) is 11.5. The van der Waals surface area contributed by atoms with Crippen molar-refractivity contribution in [1.82, 2.24) is 0 Å². The van der Waals surface area contributed by atoms with E-state index in [1.807, 2.05) is 6.08 Å². The van der Waals surface area contributed by atoms with Gasteiger partial charge in [0.25, 0.3) is 0 Å². The molecule has 0 amide bonds. The highest BCUT2D eigenvalue weighted by atomic mass is 16.7. The van der Waals surface area contributed by atoms with E-state index in [2.05, 4.69) is 13.8 Å². The van der Waals surface area contributed by atoms with Crippen molar-refractivity contribution >= 4 is 17.5 Å². The summed E-state index contributed by atoms with van der Waals surface area (Å²) in [6.07, 6.45) is 12.2. The van der Waals surface area contributed by atoms with Crippen molar-refractivity contribution in [1.29, 1.82) is 0 Å². The Morgan fingerprint density at radius 3 is 2.62 bits per heavy atom. The van der Waals surface area contributed by atoms with E-state index >= 15 is 0 Å². The fourth-order valence-electron chi connectivity index (χ4n) is 9.62. The Morgan fingerprint density at radius 2 is 1.90 bits per heavy atom. The number of ether oxygens (including phenoxy) is 3. The first-order valence-corrected chi connectivity index (χ1v) is 15.2. The van der Waals surface area contributed by atoms with Crippen LogP contribution in [0.2, 0.25) is 0 Å². The highest BCUT2D eigenvalue weighted by Gasteiger charge is 2.76. The lowest BCUT2D eigenvalue weighted by Crippen LogP contribution is -2.63. The number of fused-ring (bicyclic) bond motifs is 7. The van der Waals surface area contributed by atoms with Gasteiger partial charge in [-0.05, 0) is 62.5 Å². The standard InChI is InChI=1S/C32H44O7/c1-18(2)28(36)37-17-25(35)32-26(38-29(39-32)19-8-6-5-7-9-19)15-23-22-11-10-20-14-21(33)12-13-30(20,3)27(22)24(34)16-31(23,32)4/h12-14,18-19,22-24,26-27,29,34H,5-11,15-17H2,1-4H3/t22-,23-,24-,26+,27+,29?,30+,31-,32+/m0/s1. The van der Waals surface area contributed by atoms with Gasteiger partial charge in [0.1, 0.15) is 0 Å². The van der Waals surface area contributed by atoms with Gasteiger partial charge in [0.15, 0.2) is 24.3 Å². The molecule has 1 N–H and O–H groups in total. The molecule has 6 rings (SSSR count). The molecule has 4 saturated carbocycles. The largest absolute Gasteiger partial charge is 0.457 e. The summed E-state index contributed by atoms with van der Waals surface area (Å²) in [5.74, 6) is -0.471. The summed E-state index contributed by atoms with van der Waals surface area (Å²) >= 11 is 0. The number of aliphatic hydroxyl groups excluding tert-OH is 1. The van der Waals surface area contributed by atoms with Gasteiger partial charge in [-0.2, -0.15) is 0 Å². The normalized spacial score (nSPS) is 45.3. The van der Waals surface area contributed by atoms with Gasteiger partial charge in [0.05, 0.1) is 18.1 Å². The van der Waals surface area contributed by atoms with Crippen molar-refractivity contribution in [3.63, 3.8) is 0 Å².